The highest BCUT2D eigenvalue weighted by atomic mass is 35.8. The Morgan fingerprint density at radius 1 is 0.625 bits per heavy atom. The summed E-state index contributed by atoms with van der Waals surface area (Å²) in [5.74, 6) is 0. The van der Waals surface area contributed by atoms with Crippen molar-refractivity contribution in [3.05, 3.63) is 0 Å². The molecule has 0 radical (unpaired) electrons. The van der Waals surface area contributed by atoms with Crippen LogP contribution in [0.25, 0.3) is 0 Å². The van der Waals surface area contributed by atoms with E-state index in [1.54, 1.807) is 28.2 Å². The Hall–Kier alpha value is 2.01. The molecule has 0 fully saturated rings. The minimum atomic E-state index is -2.88. The maximum absolute atomic E-state index is 5.33. The van der Waals surface area contributed by atoms with E-state index in [1.807, 2.05) is 0 Å². The average Bonchev–Trinajstić information content (AvgIpc) is 1.72. The molecule has 0 aliphatic carbocycles. The van der Waals surface area contributed by atoms with Gasteiger partial charge in [0.2, 0.25) is 0 Å². The van der Waals surface area contributed by atoms with Gasteiger partial charge in [-0.15, -0.1) is 0 Å². The molecule has 16 heavy (non-hydrogen) atoms. The van der Waals surface area contributed by atoms with Crippen LogP contribution in [0.5, 0.6) is 0 Å². The summed E-state index contributed by atoms with van der Waals surface area (Å²) < 4.78 is 9.41. The number of rotatable bonds is 4. The van der Waals surface area contributed by atoms with Crippen LogP contribution in [0.2, 0.25) is 0 Å². The van der Waals surface area contributed by atoms with Gasteiger partial charge in [0.1, 0.15) is 0 Å². The summed E-state index contributed by atoms with van der Waals surface area (Å²) in [4.78, 5) is 0. The van der Waals surface area contributed by atoms with Gasteiger partial charge in [0, 0.05) is 28.2 Å². The summed E-state index contributed by atoms with van der Waals surface area (Å²) >= 11 is 32.0. The third-order valence-electron chi connectivity index (χ3n) is 0.572. The Balaban J connectivity index is 0. The second-order valence-electron chi connectivity index (χ2n) is 2.70. The van der Waals surface area contributed by atoms with Gasteiger partial charge in [0.25, 0.3) is 0 Å². The van der Waals surface area contributed by atoms with Crippen LogP contribution in [0.15, 0.2) is 0 Å². The summed E-state index contributed by atoms with van der Waals surface area (Å²) in [5.41, 5.74) is 0. The summed E-state index contributed by atoms with van der Waals surface area (Å²) in [6.45, 7) is 0. The summed E-state index contributed by atoms with van der Waals surface area (Å²) in [6, 6.07) is 0. The third kappa shape index (κ3) is 25.0. The van der Waals surface area contributed by atoms with Gasteiger partial charge in [0.15, 0.2) is 0 Å². The second kappa shape index (κ2) is 9.00. The van der Waals surface area contributed by atoms with Crippen molar-refractivity contribution in [1.29, 1.82) is 0 Å². The number of halogens is 6. The maximum Gasteiger partial charge on any atom is 0.510 e. The van der Waals surface area contributed by atoms with Crippen molar-refractivity contribution in [2.45, 2.75) is 0 Å². The zero-order chi connectivity index (χ0) is 13.6. The van der Waals surface area contributed by atoms with Crippen molar-refractivity contribution in [2.24, 2.45) is 0 Å². The Bertz CT molecular complexity index is 164. The Morgan fingerprint density at radius 3 is 0.812 bits per heavy atom. The Morgan fingerprint density at radius 2 is 0.812 bits per heavy atom. The van der Waals surface area contributed by atoms with E-state index in [1.165, 1.54) is 10.1 Å². The van der Waals surface area contributed by atoms with Crippen LogP contribution in [-0.4, -0.2) is 50.8 Å². The summed E-state index contributed by atoms with van der Waals surface area (Å²) in [5, 5.41) is 2.75. The molecule has 0 unspecified atom stereocenters. The number of hydroxylamine groups is 4. The van der Waals surface area contributed by atoms with Gasteiger partial charge in [-0.25, -0.2) is 10.1 Å². The molecule has 0 aromatic carbocycles. The van der Waals surface area contributed by atoms with Crippen LogP contribution in [0, 0.1) is 0 Å². The van der Waals surface area contributed by atoms with E-state index < -0.39 is 12.5 Å². The molecular weight excluding hydrogens is 377 g/mol. The molecular formula is C4H12Cl6N2O2Si2. The van der Waals surface area contributed by atoms with Crippen LogP contribution in [-0.2, 0) is 9.05 Å². The first-order valence-corrected chi connectivity index (χ1v) is 13.6. The van der Waals surface area contributed by atoms with E-state index >= 15 is 0 Å². The molecule has 0 aliphatic rings. The fraction of sp³-hybridized carbons (Fsp3) is 1.00. The smallest absolute Gasteiger partial charge is 0.293 e. The molecule has 0 saturated heterocycles. The lowest BCUT2D eigenvalue weighted by atomic mass is 11.2. The lowest BCUT2D eigenvalue weighted by molar-refractivity contribution is -0.00161. The molecule has 0 spiro atoms. The standard InChI is InChI=1S/2C2H6Cl3NOSi/c2*1-6(2)7-8(3,4)5/h2*1-2H3. The average molecular weight is 389 g/mol. The highest BCUT2D eigenvalue weighted by Gasteiger charge is 2.29. The normalized spacial score (nSPS) is 12.8. The number of hydrogen-bond acceptors (Lipinski definition) is 4. The minimum absolute atomic E-state index is 1.37. The summed E-state index contributed by atoms with van der Waals surface area (Å²) in [7, 11) is 6.65. The zero-order valence-corrected chi connectivity index (χ0v) is 15.5. The first-order valence-electron chi connectivity index (χ1n) is 3.70. The molecule has 0 bridgehead atoms. The third-order valence-corrected chi connectivity index (χ3v) is 2.96. The SMILES string of the molecule is CN(C)O[Si](Cl)(Cl)Cl.CN(C)O[Si](Cl)(Cl)Cl. The largest absolute Gasteiger partial charge is 0.510 e. The Labute approximate surface area is 126 Å². The van der Waals surface area contributed by atoms with E-state index in [4.69, 9.17) is 75.5 Å². The van der Waals surface area contributed by atoms with Crippen LogP contribution >= 0.6 is 66.5 Å². The highest BCUT2D eigenvalue weighted by Crippen LogP contribution is 2.21. The molecule has 0 aliphatic heterocycles. The van der Waals surface area contributed by atoms with Gasteiger partial charge < -0.3 is 0 Å². The van der Waals surface area contributed by atoms with E-state index in [9.17, 15) is 0 Å². The highest BCUT2D eigenvalue weighted by molar-refractivity contribution is 7.62. The quantitative estimate of drug-likeness (QED) is 0.419. The fourth-order valence-electron chi connectivity index (χ4n) is 0.414. The molecule has 0 rings (SSSR count). The lowest BCUT2D eigenvalue weighted by Crippen LogP contribution is -2.26. The van der Waals surface area contributed by atoms with Crippen LogP contribution in [0.1, 0.15) is 0 Å². The van der Waals surface area contributed by atoms with E-state index in [-0.39, 0.29) is 0 Å². The van der Waals surface area contributed by atoms with Gasteiger partial charge in [-0.1, -0.05) is 66.5 Å². The maximum atomic E-state index is 5.33. The minimum Gasteiger partial charge on any atom is -0.293 e. The second-order valence-corrected chi connectivity index (χ2v) is 17.9. The zero-order valence-electron chi connectivity index (χ0n) is 8.98. The van der Waals surface area contributed by atoms with Crippen LogP contribution in [0.4, 0.5) is 0 Å². The first kappa shape index (κ1) is 20.3. The number of nitrogens with zero attached hydrogens (tertiary/aromatic N) is 2. The van der Waals surface area contributed by atoms with Gasteiger partial charge in [0.05, 0.1) is 0 Å². The van der Waals surface area contributed by atoms with Crippen LogP contribution < -0.4 is 0 Å². The topological polar surface area (TPSA) is 24.9 Å². The molecule has 0 amide bonds. The van der Waals surface area contributed by atoms with E-state index in [0.717, 1.165) is 0 Å². The Kier molecular flexibility index (Phi) is 11.4. The fourth-order valence-corrected chi connectivity index (χ4v) is 3.73. The van der Waals surface area contributed by atoms with Crippen molar-refractivity contribution in [3.63, 3.8) is 0 Å². The molecule has 0 aromatic rings. The van der Waals surface area contributed by atoms with Gasteiger partial charge in [-0.05, 0) is 0 Å². The van der Waals surface area contributed by atoms with Crippen molar-refractivity contribution >= 4 is 79.0 Å². The van der Waals surface area contributed by atoms with Crippen molar-refractivity contribution in [2.75, 3.05) is 28.2 Å². The van der Waals surface area contributed by atoms with Gasteiger partial charge >= 0.3 is 12.5 Å². The van der Waals surface area contributed by atoms with Crippen molar-refractivity contribution in [3.8, 4) is 0 Å². The lowest BCUT2D eigenvalue weighted by Gasteiger charge is -2.14. The first-order chi connectivity index (χ1) is 6.83. The molecule has 0 heterocycles. The van der Waals surface area contributed by atoms with Gasteiger partial charge in [-0.3, -0.25) is 9.05 Å². The monoisotopic (exact) mass is 386 g/mol. The predicted molar refractivity (Wildman–Crippen MR) is 76.2 cm³/mol. The van der Waals surface area contributed by atoms with Crippen molar-refractivity contribution in [1.82, 2.24) is 10.1 Å². The molecule has 4 nitrogen and oxygen atoms in total. The molecule has 0 aromatic heterocycles. The molecule has 0 atom stereocenters. The number of hydrogen-bond donors (Lipinski definition) is 0. The molecule has 0 N–H and O–H groups in total. The van der Waals surface area contributed by atoms with E-state index in [2.05, 4.69) is 0 Å². The predicted octanol–water partition coefficient (Wildman–Crippen LogP) is 3.26. The molecule has 0 saturated carbocycles. The van der Waals surface area contributed by atoms with Gasteiger partial charge in [-0.2, -0.15) is 0 Å². The molecule has 100 valence electrons. The van der Waals surface area contributed by atoms with Crippen LogP contribution in [0.3, 0.4) is 0 Å². The van der Waals surface area contributed by atoms with E-state index in [0.29, 0.717) is 0 Å². The molecule has 12 heteroatoms. The summed E-state index contributed by atoms with van der Waals surface area (Å²) in [6.07, 6.45) is -5.76. The van der Waals surface area contributed by atoms with Crippen molar-refractivity contribution < 1.29 is 9.05 Å².